The predicted octanol–water partition coefficient (Wildman–Crippen LogP) is 2.64. The number of hydrogen-bond acceptors (Lipinski definition) is 3. The lowest BCUT2D eigenvalue weighted by Gasteiger charge is -2.29. The van der Waals surface area contributed by atoms with Crippen LogP contribution in [0, 0.1) is 16.9 Å². The topological polar surface area (TPSA) is 76.4 Å². The van der Waals surface area contributed by atoms with Crippen molar-refractivity contribution in [3.63, 3.8) is 0 Å². The average Bonchev–Trinajstić information content (AvgIpc) is 3.53. The molecule has 0 unspecified atom stereocenters. The third-order valence-electron chi connectivity index (χ3n) is 5.36. The van der Waals surface area contributed by atoms with E-state index in [1.165, 1.54) is 24.3 Å². The Balaban J connectivity index is 1.56. The van der Waals surface area contributed by atoms with E-state index in [9.17, 15) is 19.2 Å². The molecule has 6 nitrogen and oxygen atoms in total. The maximum Gasteiger partial charge on any atom is 0.251 e. The van der Waals surface area contributed by atoms with Crippen molar-refractivity contribution in [2.45, 2.75) is 38.6 Å². The molecule has 1 aliphatic carbocycles. The molecule has 1 N–H and O–H groups in total. The molecule has 28 heavy (non-hydrogen) atoms. The van der Waals surface area contributed by atoms with Crippen molar-refractivity contribution in [3.05, 3.63) is 64.4 Å². The second-order valence-corrected chi connectivity index (χ2v) is 7.45. The predicted molar refractivity (Wildman–Crippen MR) is 101 cm³/mol. The smallest absolute Gasteiger partial charge is 0.251 e. The summed E-state index contributed by atoms with van der Waals surface area (Å²) in [4.78, 5) is 26.6. The van der Waals surface area contributed by atoms with Crippen molar-refractivity contribution < 1.29 is 18.7 Å². The maximum absolute atomic E-state index is 13.0. The largest absolute Gasteiger partial charge is 0.618 e. The molecule has 1 aromatic heterocycles. The first-order chi connectivity index (χ1) is 13.5. The van der Waals surface area contributed by atoms with E-state index in [2.05, 4.69) is 5.32 Å². The van der Waals surface area contributed by atoms with E-state index >= 15 is 0 Å². The molecule has 0 saturated heterocycles. The number of benzene rings is 1. The number of carbonyl (C=O) groups is 2. The molecule has 146 valence electrons. The van der Waals surface area contributed by atoms with Crippen LogP contribution in [0.15, 0.2) is 36.4 Å². The van der Waals surface area contributed by atoms with Gasteiger partial charge in [-0.15, -0.1) is 0 Å². The number of aromatic nitrogens is 1. The van der Waals surface area contributed by atoms with E-state index < -0.39 is 11.9 Å². The van der Waals surface area contributed by atoms with E-state index in [1.807, 2.05) is 0 Å². The fourth-order valence-electron chi connectivity index (χ4n) is 3.64. The van der Waals surface area contributed by atoms with Crippen molar-refractivity contribution >= 4 is 17.5 Å². The van der Waals surface area contributed by atoms with Gasteiger partial charge in [-0.25, -0.2) is 4.39 Å². The minimum Gasteiger partial charge on any atom is -0.618 e. The highest BCUT2D eigenvalue weighted by Gasteiger charge is 2.38. The zero-order chi connectivity index (χ0) is 19.8. The van der Waals surface area contributed by atoms with E-state index in [0.29, 0.717) is 35.6 Å². The number of nitrogens with one attached hydrogen (secondary N) is 1. The summed E-state index contributed by atoms with van der Waals surface area (Å²) in [5.74, 6) is -0.594. The van der Waals surface area contributed by atoms with Crippen LogP contribution < -0.4 is 14.9 Å². The van der Waals surface area contributed by atoms with Crippen molar-refractivity contribution in [1.29, 1.82) is 0 Å². The fraction of sp³-hybridized carbons (Fsp3) is 0.381. The molecule has 1 saturated carbocycles. The van der Waals surface area contributed by atoms with E-state index in [-0.39, 0.29) is 17.7 Å². The molecular formula is C21H22FN3O3. The molecule has 2 aliphatic rings. The standard InChI is InChI=1S/C21H22FN3O3/c1-13(23-20(26)14-6-8-16(22)9-7-14)17-10-11-18-19(25(17)28)3-2-12-24(18)21(27)15-4-5-15/h6-11,13,15H,2-5,12H2,1H3,(H,23,26)/t13-/m0/s1. The van der Waals surface area contributed by atoms with Gasteiger partial charge in [-0.3, -0.25) is 9.59 Å². The molecule has 0 bridgehead atoms. The van der Waals surface area contributed by atoms with Gasteiger partial charge in [0.2, 0.25) is 17.3 Å². The van der Waals surface area contributed by atoms with Gasteiger partial charge in [0, 0.05) is 30.5 Å². The van der Waals surface area contributed by atoms with E-state index in [1.54, 1.807) is 24.0 Å². The zero-order valence-corrected chi connectivity index (χ0v) is 15.7. The normalized spacial score (nSPS) is 17.0. The fourth-order valence-corrected chi connectivity index (χ4v) is 3.64. The first kappa shape index (κ1) is 18.4. The van der Waals surface area contributed by atoms with Crippen LogP contribution in [0.3, 0.4) is 0 Å². The van der Waals surface area contributed by atoms with Gasteiger partial charge in [0.05, 0.1) is 0 Å². The summed E-state index contributed by atoms with van der Waals surface area (Å²) >= 11 is 0. The summed E-state index contributed by atoms with van der Waals surface area (Å²) in [5, 5.41) is 15.7. The van der Waals surface area contributed by atoms with Gasteiger partial charge in [0.25, 0.3) is 5.91 Å². The Bertz CT molecular complexity index is 925. The summed E-state index contributed by atoms with van der Waals surface area (Å²) in [6.07, 6.45) is 3.19. The molecule has 7 heteroatoms. The second kappa shape index (κ2) is 7.22. The Hall–Kier alpha value is -2.96. The number of anilines is 1. The number of amides is 2. The Kier molecular flexibility index (Phi) is 4.75. The van der Waals surface area contributed by atoms with Crippen molar-refractivity contribution in [1.82, 2.24) is 5.32 Å². The second-order valence-electron chi connectivity index (χ2n) is 7.45. The van der Waals surface area contributed by atoms with Crippen LogP contribution in [-0.2, 0) is 11.2 Å². The molecule has 0 spiro atoms. The maximum atomic E-state index is 13.0. The number of carbonyl (C=O) groups excluding carboxylic acids is 2. The first-order valence-corrected chi connectivity index (χ1v) is 9.59. The van der Waals surface area contributed by atoms with Gasteiger partial charge in [-0.2, -0.15) is 4.73 Å². The third-order valence-corrected chi connectivity index (χ3v) is 5.36. The van der Waals surface area contributed by atoms with Crippen LogP contribution in [0.2, 0.25) is 0 Å². The monoisotopic (exact) mass is 383 g/mol. The number of hydrogen-bond donors (Lipinski definition) is 1. The summed E-state index contributed by atoms with van der Waals surface area (Å²) in [5.41, 5.74) is 1.99. The minimum atomic E-state index is -0.533. The van der Waals surface area contributed by atoms with Crippen molar-refractivity contribution in [3.8, 4) is 0 Å². The molecule has 1 aliphatic heterocycles. The van der Waals surface area contributed by atoms with Gasteiger partial charge in [-0.1, -0.05) is 0 Å². The van der Waals surface area contributed by atoms with Crippen LogP contribution in [0.5, 0.6) is 0 Å². The molecule has 0 radical (unpaired) electrons. The van der Waals surface area contributed by atoms with Gasteiger partial charge in [-0.05, 0) is 56.5 Å². The Morgan fingerprint density at radius 3 is 2.61 bits per heavy atom. The van der Waals surface area contributed by atoms with Crippen molar-refractivity contribution in [2.75, 3.05) is 11.4 Å². The number of rotatable bonds is 4. The van der Waals surface area contributed by atoms with Crippen LogP contribution in [-0.4, -0.2) is 18.4 Å². The number of pyridine rings is 1. The van der Waals surface area contributed by atoms with Crippen LogP contribution in [0.4, 0.5) is 10.1 Å². The first-order valence-electron chi connectivity index (χ1n) is 9.59. The van der Waals surface area contributed by atoms with E-state index in [0.717, 1.165) is 24.0 Å². The third kappa shape index (κ3) is 3.44. The molecular weight excluding hydrogens is 361 g/mol. The number of fused-ring (bicyclic) bond motifs is 1. The van der Waals surface area contributed by atoms with Crippen LogP contribution in [0.25, 0.3) is 0 Å². The Labute approximate surface area is 162 Å². The van der Waals surface area contributed by atoms with Crippen LogP contribution >= 0.6 is 0 Å². The lowest BCUT2D eigenvalue weighted by molar-refractivity contribution is -0.623. The van der Waals surface area contributed by atoms with Gasteiger partial charge < -0.3 is 15.4 Å². The molecule has 1 fully saturated rings. The Morgan fingerprint density at radius 1 is 1.21 bits per heavy atom. The van der Waals surface area contributed by atoms with E-state index in [4.69, 9.17) is 0 Å². The highest BCUT2D eigenvalue weighted by molar-refractivity contribution is 5.97. The molecule has 4 rings (SSSR count). The minimum absolute atomic E-state index is 0.0969. The zero-order valence-electron chi connectivity index (χ0n) is 15.7. The van der Waals surface area contributed by atoms with Gasteiger partial charge >= 0.3 is 0 Å². The molecule has 1 atom stereocenters. The summed E-state index contributed by atoms with van der Waals surface area (Å²) in [6, 6.07) is 8.18. The van der Waals surface area contributed by atoms with Crippen LogP contribution in [0.1, 0.15) is 54.0 Å². The lowest BCUT2D eigenvalue weighted by atomic mass is 10.0. The quantitative estimate of drug-likeness (QED) is 0.651. The molecule has 2 aromatic rings. The number of halogens is 1. The highest BCUT2D eigenvalue weighted by atomic mass is 19.1. The lowest BCUT2D eigenvalue weighted by Crippen LogP contribution is -2.46. The molecule has 2 heterocycles. The molecule has 1 aromatic carbocycles. The molecule has 2 amide bonds. The number of nitrogens with zero attached hydrogens (tertiary/aromatic N) is 2. The Morgan fingerprint density at radius 2 is 1.93 bits per heavy atom. The average molecular weight is 383 g/mol. The summed E-state index contributed by atoms with van der Waals surface area (Å²) in [7, 11) is 0. The SMILES string of the molecule is C[C@H](NC(=O)c1ccc(F)cc1)c1ccc2c([n+]1[O-])CCCN2C(=O)C1CC1. The summed E-state index contributed by atoms with van der Waals surface area (Å²) < 4.78 is 13.9. The van der Waals surface area contributed by atoms with Crippen molar-refractivity contribution in [2.24, 2.45) is 5.92 Å². The highest BCUT2D eigenvalue weighted by Crippen LogP contribution is 2.35. The van der Waals surface area contributed by atoms with Gasteiger partial charge in [0.1, 0.15) is 17.5 Å². The van der Waals surface area contributed by atoms with Gasteiger partial charge in [0.15, 0.2) is 0 Å². The summed E-state index contributed by atoms with van der Waals surface area (Å²) in [6.45, 7) is 2.37.